The van der Waals surface area contributed by atoms with E-state index in [0.717, 1.165) is 17.9 Å². The van der Waals surface area contributed by atoms with Gasteiger partial charge in [-0.15, -0.1) is 0 Å². The van der Waals surface area contributed by atoms with E-state index in [0.29, 0.717) is 5.56 Å². The molecule has 0 radical (unpaired) electrons. The maximum Gasteiger partial charge on any atom is 0.123 e. The third-order valence-electron chi connectivity index (χ3n) is 3.39. The zero-order chi connectivity index (χ0) is 14.7. The van der Waals surface area contributed by atoms with Crippen molar-refractivity contribution in [2.75, 3.05) is 11.4 Å². The van der Waals surface area contributed by atoms with E-state index in [9.17, 15) is 9.50 Å². The van der Waals surface area contributed by atoms with Crippen LogP contribution in [0.2, 0.25) is 0 Å². The Kier molecular flexibility index (Phi) is 4.40. The number of nitrogens with zero attached hydrogens (tertiary/aromatic N) is 1. The van der Waals surface area contributed by atoms with E-state index in [-0.39, 0.29) is 5.82 Å². The summed E-state index contributed by atoms with van der Waals surface area (Å²) in [5.74, 6) is -0.329. The van der Waals surface area contributed by atoms with E-state index in [1.165, 1.54) is 17.7 Å². The lowest BCUT2D eigenvalue weighted by atomic mass is 10.1. The lowest BCUT2D eigenvalue weighted by Crippen LogP contribution is -2.18. The Morgan fingerprint density at radius 2 is 1.80 bits per heavy atom. The van der Waals surface area contributed by atoms with Gasteiger partial charge in [-0.25, -0.2) is 4.39 Å². The summed E-state index contributed by atoms with van der Waals surface area (Å²) in [7, 11) is 0. The van der Waals surface area contributed by atoms with Gasteiger partial charge < -0.3 is 10.0 Å². The number of hydrogen-bond acceptors (Lipinski definition) is 2. The van der Waals surface area contributed by atoms with Crippen molar-refractivity contribution in [1.82, 2.24) is 0 Å². The first-order valence-electron chi connectivity index (χ1n) is 6.84. The van der Waals surface area contributed by atoms with Crippen LogP contribution in [0.3, 0.4) is 0 Å². The second kappa shape index (κ2) is 6.06. The number of aliphatic hydroxyl groups excluding tert-OH is 1. The Bertz CT molecular complexity index is 578. The summed E-state index contributed by atoms with van der Waals surface area (Å²) in [5.41, 5.74) is 3.67. The van der Waals surface area contributed by atoms with Crippen LogP contribution in [0.1, 0.15) is 31.1 Å². The number of aryl methyl sites for hydroxylation is 1. The minimum Gasteiger partial charge on any atom is -0.389 e. The van der Waals surface area contributed by atoms with Gasteiger partial charge in [-0.1, -0.05) is 17.7 Å². The van der Waals surface area contributed by atoms with Crippen LogP contribution in [0.5, 0.6) is 0 Å². The van der Waals surface area contributed by atoms with Crippen LogP contribution in [-0.4, -0.2) is 11.7 Å². The Labute approximate surface area is 119 Å². The molecule has 2 rings (SSSR count). The molecular formula is C17H20FNO. The van der Waals surface area contributed by atoms with E-state index >= 15 is 0 Å². The topological polar surface area (TPSA) is 23.5 Å². The first-order chi connectivity index (χ1) is 9.52. The van der Waals surface area contributed by atoms with Gasteiger partial charge in [0, 0.05) is 23.5 Å². The lowest BCUT2D eigenvalue weighted by Gasteiger charge is -2.27. The van der Waals surface area contributed by atoms with Crippen LogP contribution in [0.4, 0.5) is 15.8 Å². The summed E-state index contributed by atoms with van der Waals surface area (Å²) in [6.45, 7) is 6.48. The van der Waals surface area contributed by atoms with Gasteiger partial charge in [0.15, 0.2) is 0 Å². The molecule has 0 saturated heterocycles. The lowest BCUT2D eigenvalue weighted by molar-refractivity contribution is 0.199. The van der Waals surface area contributed by atoms with Crippen molar-refractivity contribution in [2.24, 2.45) is 0 Å². The molecule has 0 amide bonds. The van der Waals surface area contributed by atoms with Gasteiger partial charge in [0.05, 0.1) is 6.10 Å². The van der Waals surface area contributed by atoms with E-state index in [1.807, 2.05) is 38.1 Å². The molecule has 1 N–H and O–H groups in total. The molecule has 0 spiro atoms. The zero-order valence-electron chi connectivity index (χ0n) is 12.1. The van der Waals surface area contributed by atoms with Gasteiger partial charge in [-0.05, 0) is 51.1 Å². The molecule has 2 nitrogen and oxygen atoms in total. The van der Waals surface area contributed by atoms with Crippen LogP contribution in [0.15, 0.2) is 42.5 Å². The number of rotatable bonds is 4. The number of anilines is 2. The summed E-state index contributed by atoms with van der Waals surface area (Å²) >= 11 is 0. The van der Waals surface area contributed by atoms with Gasteiger partial charge in [-0.3, -0.25) is 0 Å². The highest BCUT2D eigenvalue weighted by Crippen LogP contribution is 2.32. The van der Waals surface area contributed by atoms with Gasteiger partial charge in [0.1, 0.15) is 5.82 Å². The quantitative estimate of drug-likeness (QED) is 0.895. The fourth-order valence-electron chi connectivity index (χ4n) is 2.32. The molecule has 0 fully saturated rings. The van der Waals surface area contributed by atoms with Gasteiger partial charge in [0.2, 0.25) is 0 Å². The second-order valence-corrected chi connectivity index (χ2v) is 4.96. The van der Waals surface area contributed by atoms with Crippen LogP contribution in [0.25, 0.3) is 0 Å². The minimum absolute atomic E-state index is 0.329. The van der Waals surface area contributed by atoms with E-state index in [4.69, 9.17) is 0 Å². The van der Waals surface area contributed by atoms with Crippen molar-refractivity contribution in [1.29, 1.82) is 0 Å². The molecule has 1 atom stereocenters. The minimum atomic E-state index is -0.708. The number of halogens is 1. The first-order valence-corrected chi connectivity index (χ1v) is 6.84. The van der Waals surface area contributed by atoms with Crippen LogP contribution >= 0.6 is 0 Å². The Hall–Kier alpha value is -1.87. The van der Waals surface area contributed by atoms with Crippen LogP contribution in [-0.2, 0) is 0 Å². The molecule has 20 heavy (non-hydrogen) atoms. The third-order valence-corrected chi connectivity index (χ3v) is 3.39. The average Bonchev–Trinajstić information content (AvgIpc) is 2.43. The molecule has 0 bridgehead atoms. The highest BCUT2D eigenvalue weighted by Gasteiger charge is 2.15. The monoisotopic (exact) mass is 273 g/mol. The van der Waals surface area contributed by atoms with Crippen molar-refractivity contribution in [2.45, 2.75) is 26.9 Å². The molecule has 1 unspecified atom stereocenters. The second-order valence-electron chi connectivity index (χ2n) is 4.96. The molecule has 3 heteroatoms. The number of benzene rings is 2. The third kappa shape index (κ3) is 2.99. The number of hydrogen-bond donors (Lipinski definition) is 1. The highest BCUT2D eigenvalue weighted by molar-refractivity contribution is 5.67. The Morgan fingerprint density at radius 1 is 1.15 bits per heavy atom. The van der Waals surface area contributed by atoms with E-state index < -0.39 is 6.10 Å². The predicted octanol–water partition coefficient (Wildman–Crippen LogP) is 4.35. The van der Waals surface area contributed by atoms with E-state index in [1.54, 1.807) is 13.0 Å². The van der Waals surface area contributed by atoms with Gasteiger partial charge in [-0.2, -0.15) is 0 Å². The predicted molar refractivity (Wildman–Crippen MR) is 80.9 cm³/mol. The average molecular weight is 273 g/mol. The Morgan fingerprint density at radius 3 is 2.35 bits per heavy atom. The van der Waals surface area contributed by atoms with Crippen molar-refractivity contribution in [3.8, 4) is 0 Å². The molecule has 0 aliphatic rings. The molecule has 0 heterocycles. The fourth-order valence-corrected chi connectivity index (χ4v) is 2.32. The zero-order valence-corrected chi connectivity index (χ0v) is 12.1. The smallest absolute Gasteiger partial charge is 0.123 e. The largest absolute Gasteiger partial charge is 0.389 e. The Balaban J connectivity index is 2.49. The maximum absolute atomic E-state index is 13.4. The van der Waals surface area contributed by atoms with Gasteiger partial charge in [0.25, 0.3) is 0 Å². The first kappa shape index (κ1) is 14.5. The summed E-state index contributed by atoms with van der Waals surface area (Å²) in [5, 5.41) is 9.87. The molecule has 106 valence electrons. The molecule has 0 aromatic heterocycles. The summed E-state index contributed by atoms with van der Waals surface area (Å²) in [4.78, 5) is 2.07. The fraction of sp³-hybridized carbons (Fsp3) is 0.294. The summed E-state index contributed by atoms with van der Waals surface area (Å²) in [6.07, 6.45) is -0.708. The van der Waals surface area contributed by atoms with E-state index in [2.05, 4.69) is 4.90 Å². The maximum atomic E-state index is 13.4. The van der Waals surface area contributed by atoms with Crippen molar-refractivity contribution < 1.29 is 9.50 Å². The standard InChI is InChI=1S/C17H20FNO/c1-4-19(15-8-5-12(2)6-9-15)17-10-7-14(18)11-16(17)13(3)20/h5-11,13,20H,4H2,1-3H3. The van der Waals surface area contributed by atoms with Crippen LogP contribution in [0, 0.1) is 12.7 Å². The number of aliphatic hydroxyl groups is 1. The van der Waals surface area contributed by atoms with Crippen molar-refractivity contribution >= 4 is 11.4 Å². The van der Waals surface area contributed by atoms with Crippen molar-refractivity contribution in [3.63, 3.8) is 0 Å². The van der Waals surface area contributed by atoms with Crippen molar-refractivity contribution in [3.05, 3.63) is 59.4 Å². The molecule has 0 saturated carbocycles. The molecule has 0 aliphatic heterocycles. The summed E-state index contributed by atoms with van der Waals surface area (Å²) in [6, 6.07) is 12.7. The normalized spacial score (nSPS) is 12.2. The molecular weight excluding hydrogens is 253 g/mol. The van der Waals surface area contributed by atoms with Gasteiger partial charge >= 0.3 is 0 Å². The molecule has 2 aromatic carbocycles. The molecule has 2 aromatic rings. The highest BCUT2D eigenvalue weighted by atomic mass is 19.1. The SMILES string of the molecule is CCN(c1ccc(C)cc1)c1ccc(F)cc1C(C)O. The molecule has 0 aliphatic carbocycles. The summed E-state index contributed by atoms with van der Waals surface area (Å²) < 4.78 is 13.4. The van der Waals surface area contributed by atoms with Crippen LogP contribution < -0.4 is 4.90 Å².